The first-order chi connectivity index (χ1) is 27.0. The summed E-state index contributed by atoms with van der Waals surface area (Å²) in [6.45, 7) is 4.62. The van der Waals surface area contributed by atoms with E-state index in [1.54, 1.807) is 6.07 Å². The normalized spacial score (nSPS) is 12.8. The molecule has 0 saturated carbocycles. The molecule has 0 saturated heterocycles. The topological polar surface area (TPSA) is 50.9 Å². The van der Waals surface area contributed by atoms with Crippen molar-refractivity contribution >= 4 is 11.0 Å². The Morgan fingerprint density at radius 2 is 1.11 bits per heavy atom. The van der Waals surface area contributed by atoms with E-state index >= 15 is 0 Å². The van der Waals surface area contributed by atoms with Gasteiger partial charge in [0.05, 0.1) is 28.0 Å². The molecule has 1 N–H and O–H groups in total. The van der Waals surface area contributed by atoms with Crippen molar-refractivity contribution in [3.05, 3.63) is 193 Å². The number of phenols is 1. The second-order valence-corrected chi connectivity index (χ2v) is 14.8. The molecule has 262 valence electrons. The minimum Gasteiger partial charge on any atom is -0.507 e. The highest BCUT2D eigenvalue weighted by Crippen LogP contribution is 2.52. The fourth-order valence-electron chi connectivity index (χ4n) is 8.60. The number of phenolic OH excluding ortho intramolecular Hbond substituents is 1. The first-order valence-electron chi connectivity index (χ1n) is 18.7. The van der Waals surface area contributed by atoms with E-state index in [2.05, 4.69) is 164 Å². The lowest BCUT2D eigenvalue weighted by atomic mass is 9.80. The maximum Gasteiger partial charge on any atom is 0.149 e. The van der Waals surface area contributed by atoms with E-state index in [-0.39, 0.29) is 11.2 Å². The molecule has 55 heavy (non-hydrogen) atoms. The predicted octanol–water partition coefficient (Wildman–Crippen LogP) is 12.8. The lowest BCUT2D eigenvalue weighted by molar-refractivity contribution is 0.477. The van der Waals surface area contributed by atoms with Gasteiger partial charge in [-0.2, -0.15) is 0 Å². The van der Waals surface area contributed by atoms with Gasteiger partial charge in [-0.1, -0.05) is 141 Å². The Bertz CT molecular complexity index is 2910. The molecule has 2 heterocycles. The van der Waals surface area contributed by atoms with Crippen LogP contribution < -0.4 is 0 Å². The van der Waals surface area contributed by atoms with Crippen molar-refractivity contribution in [3.63, 3.8) is 0 Å². The number of rotatable bonds is 6. The number of hydrogen-bond donors (Lipinski definition) is 1. The van der Waals surface area contributed by atoms with Gasteiger partial charge in [0.15, 0.2) is 0 Å². The highest BCUT2D eigenvalue weighted by atomic mass is 16.3. The molecule has 9 aromatic rings. The number of benzene rings is 7. The average Bonchev–Trinajstić information content (AvgIpc) is 3.74. The maximum atomic E-state index is 11.3. The van der Waals surface area contributed by atoms with Crippen molar-refractivity contribution < 1.29 is 5.11 Å². The molecule has 0 bridgehead atoms. The molecule has 0 amide bonds. The Balaban J connectivity index is 1.25. The molecular formula is C51H37N3O. The third-order valence-electron chi connectivity index (χ3n) is 11.2. The van der Waals surface area contributed by atoms with Crippen molar-refractivity contribution in [1.29, 1.82) is 0 Å². The summed E-state index contributed by atoms with van der Waals surface area (Å²) in [6, 6.07) is 61.0. The largest absolute Gasteiger partial charge is 0.507 e. The van der Waals surface area contributed by atoms with Gasteiger partial charge < -0.3 is 5.11 Å². The Morgan fingerprint density at radius 1 is 0.491 bits per heavy atom. The van der Waals surface area contributed by atoms with Crippen LogP contribution in [0.25, 0.3) is 83.9 Å². The van der Waals surface area contributed by atoms with Gasteiger partial charge in [0.1, 0.15) is 11.6 Å². The zero-order valence-corrected chi connectivity index (χ0v) is 30.6. The third-order valence-corrected chi connectivity index (χ3v) is 11.2. The summed E-state index contributed by atoms with van der Waals surface area (Å²) < 4.78 is 2.20. The van der Waals surface area contributed by atoms with Crippen molar-refractivity contribution in [1.82, 2.24) is 14.5 Å². The lowest BCUT2D eigenvalue weighted by Gasteiger charge is -2.24. The van der Waals surface area contributed by atoms with Gasteiger partial charge in [0.2, 0.25) is 0 Å². The highest BCUT2D eigenvalue weighted by molar-refractivity contribution is 5.99. The summed E-state index contributed by atoms with van der Waals surface area (Å²) in [5.41, 5.74) is 16.8. The van der Waals surface area contributed by atoms with E-state index in [9.17, 15) is 5.11 Å². The number of imidazole rings is 1. The Hall–Kier alpha value is -7.04. The SMILES string of the molecule is CC1(C)c2ccccc2-c2ccnc(-c3cc(-c4ccccc4)cc(-c4cccc5c4nc(-c4ccccc4O)n5-c4ccccc4-c4ccccc4)c3)c21. The molecule has 0 radical (unpaired) electrons. The Labute approximate surface area is 320 Å². The fourth-order valence-corrected chi connectivity index (χ4v) is 8.60. The van der Waals surface area contributed by atoms with E-state index < -0.39 is 0 Å². The molecule has 1 aliphatic rings. The highest BCUT2D eigenvalue weighted by Gasteiger charge is 2.38. The van der Waals surface area contributed by atoms with E-state index in [0.29, 0.717) is 11.4 Å². The zero-order valence-electron chi connectivity index (χ0n) is 30.6. The van der Waals surface area contributed by atoms with E-state index in [1.807, 2.05) is 30.5 Å². The van der Waals surface area contributed by atoms with Crippen molar-refractivity contribution in [2.24, 2.45) is 0 Å². The van der Waals surface area contributed by atoms with Crippen LogP contribution in [0.1, 0.15) is 25.0 Å². The second-order valence-electron chi connectivity index (χ2n) is 14.8. The summed E-state index contributed by atoms with van der Waals surface area (Å²) >= 11 is 0. The van der Waals surface area contributed by atoms with Crippen LogP contribution >= 0.6 is 0 Å². The molecule has 0 atom stereocenters. The summed E-state index contributed by atoms with van der Waals surface area (Å²) in [4.78, 5) is 10.6. The van der Waals surface area contributed by atoms with E-state index in [1.165, 1.54) is 22.3 Å². The summed E-state index contributed by atoms with van der Waals surface area (Å²) in [5.74, 6) is 0.851. The Kier molecular flexibility index (Phi) is 7.60. The van der Waals surface area contributed by atoms with Crippen LogP contribution in [0.3, 0.4) is 0 Å². The number of nitrogens with zero attached hydrogens (tertiary/aromatic N) is 3. The molecule has 2 aromatic heterocycles. The first kappa shape index (κ1) is 32.6. The first-order valence-corrected chi connectivity index (χ1v) is 18.7. The van der Waals surface area contributed by atoms with Crippen LogP contribution in [0, 0.1) is 0 Å². The quantitative estimate of drug-likeness (QED) is 0.187. The van der Waals surface area contributed by atoms with Crippen LogP contribution in [0.4, 0.5) is 0 Å². The predicted molar refractivity (Wildman–Crippen MR) is 225 cm³/mol. The molecule has 4 nitrogen and oxygen atoms in total. The maximum absolute atomic E-state index is 11.3. The van der Waals surface area contributed by atoms with Gasteiger partial charge in [-0.05, 0) is 93.0 Å². The number of pyridine rings is 1. The van der Waals surface area contributed by atoms with E-state index in [4.69, 9.17) is 9.97 Å². The molecule has 10 rings (SSSR count). The monoisotopic (exact) mass is 707 g/mol. The van der Waals surface area contributed by atoms with Crippen LogP contribution in [0.5, 0.6) is 5.75 Å². The Morgan fingerprint density at radius 3 is 1.89 bits per heavy atom. The molecule has 1 aliphatic carbocycles. The number of fused-ring (bicyclic) bond motifs is 4. The molecular weight excluding hydrogens is 671 g/mol. The van der Waals surface area contributed by atoms with Gasteiger partial charge >= 0.3 is 0 Å². The van der Waals surface area contributed by atoms with Crippen molar-refractivity contribution in [3.8, 4) is 78.6 Å². The third kappa shape index (κ3) is 5.29. The minimum absolute atomic E-state index is 0.179. The van der Waals surface area contributed by atoms with Gasteiger partial charge in [0.25, 0.3) is 0 Å². The van der Waals surface area contributed by atoms with Crippen LogP contribution in [0.15, 0.2) is 182 Å². The van der Waals surface area contributed by atoms with Gasteiger partial charge in [0, 0.05) is 28.3 Å². The van der Waals surface area contributed by atoms with E-state index in [0.717, 1.165) is 61.4 Å². The van der Waals surface area contributed by atoms with Gasteiger partial charge in [-0.3, -0.25) is 9.55 Å². The van der Waals surface area contributed by atoms with Crippen molar-refractivity contribution in [2.75, 3.05) is 0 Å². The molecule has 0 aliphatic heterocycles. The van der Waals surface area contributed by atoms with Crippen molar-refractivity contribution in [2.45, 2.75) is 19.3 Å². The zero-order chi connectivity index (χ0) is 37.1. The molecule has 0 spiro atoms. The second kappa shape index (κ2) is 12.8. The van der Waals surface area contributed by atoms with Crippen LogP contribution in [-0.4, -0.2) is 19.6 Å². The van der Waals surface area contributed by atoms with Gasteiger partial charge in [-0.15, -0.1) is 0 Å². The number of hydrogen-bond acceptors (Lipinski definition) is 3. The number of para-hydroxylation sites is 3. The molecule has 0 fully saturated rings. The smallest absolute Gasteiger partial charge is 0.149 e. The number of aromatic nitrogens is 3. The molecule has 4 heteroatoms. The summed E-state index contributed by atoms with van der Waals surface area (Å²) in [6.07, 6.45) is 1.95. The van der Waals surface area contributed by atoms with Crippen LogP contribution in [0.2, 0.25) is 0 Å². The van der Waals surface area contributed by atoms with Crippen LogP contribution in [-0.2, 0) is 5.41 Å². The molecule has 0 unspecified atom stereocenters. The summed E-state index contributed by atoms with van der Waals surface area (Å²) in [5, 5.41) is 11.3. The molecule has 7 aromatic carbocycles. The average molecular weight is 708 g/mol. The standard InChI is InChI=1S/C51H37N3O/c1-51(2)43-24-12-9-21-40(43)41-28-29-52-48(47(41)51)37-31-35(33-16-5-3-6-17-33)30-36(32-37)39-23-15-26-45-49(39)53-50(42-22-11-14-27-46(42)55)54(45)44-25-13-10-20-38(44)34-18-7-4-8-19-34/h3-32,55H,1-2H3. The summed E-state index contributed by atoms with van der Waals surface area (Å²) in [7, 11) is 0. The van der Waals surface area contributed by atoms with Gasteiger partial charge in [-0.25, -0.2) is 4.98 Å². The fraction of sp³-hybridized carbons (Fsp3) is 0.0588. The lowest BCUT2D eigenvalue weighted by Crippen LogP contribution is -2.16. The number of aromatic hydroxyl groups is 1. The minimum atomic E-state index is -0.226.